The highest BCUT2D eigenvalue weighted by molar-refractivity contribution is 9.10. The highest BCUT2D eigenvalue weighted by Crippen LogP contribution is 2.18. The van der Waals surface area contributed by atoms with Gasteiger partial charge >= 0.3 is 5.97 Å². The zero-order valence-corrected chi connectivity index (χ0v) is 13.6. The molecule has 0 aliphatic carbocycles. The van der Waals surface area contributed by atoms with Crippen molar-refractivity contribution in [1.82, 2.24) is 9.55 Å². The number of benzene rings is 1. The van der Waals surface area contributed by atoms with Gasteiger partial charge in [-0.2, -0.15) is 0 Å². The summed E-state index contributed by atoms with van der Waals surface area (Å²) in [5.74, 6) is -0.157. The van der Waals surface area contributed by atoms with E-state index >= 15 is 0 Å². The molecule has 0 radical (unpaired) electrons. The standard InChI is InChI=1S/C15H15BrN2O4/c1-21-12(19)7-8-18-10-17-14(13(16)15(18)20)22-9-11-5-3-2-4-6-11/h2-6,10H,7-9H2,1H3. The molecule has 1 aromatic heterocycles. The third-order valence-electron chi connectivity index (χ3n) is 2.95. The number of hydrogen-bond donors (Lipinski definition) is 0. The van der Waals surface area contributed by atoms with E-state index in [4.69, 9.17) is 4.74 Å². The molecule has 0 aliphatic heterocycles. The molecule has 0 aliphatic rings. The Bertz CT molecular complexity index is 700. The third-order valence-corrected chi connectivity index (χ3v) is 3.63. The number of nitrogens with zero attached hydrogens (tertiary/aromatic N) is 2. The molecule has 116 valence electrons. The molecule has 1 aromatic carbocycles. The highest BCUT2D eigenvalue weighted by Gasteiger charge is 2.11. The van der Waals surface area contributed by atoms with E-state index in [1.807, 2.05) is 30.3 Å². The predicted molar refractivity (Wildman–Crippen MR) is 83.6 cm³/mol. The maximum atomic E-state index is 12.1. The number of rotatable bonds is 6. The van der Waals surface area contributed by atoms with Crippen molar-refractivity contribution < 1.29 is 14.3 Å². The first kappa shape index (κ1) is 16.2. The van der Waals surface area contributed by atoms with E-state index in [1.165, 1.54) is 18.0 Å². The molecule has 22 heavy (non-hydrogen) atoms. The molecule has 0 N–H and O–H groups in total. The summed E-state index contributed by atoms with van der Waals surface area (Å²) in [6.07, 6.45) is 1.46. The first-order valence-corrected chi connectivity index (χ1v) is 7.39. The van der Waals surface area contributed by atoms with Crippen molar-refractivity contribution in [2.75, 3.05) is 7.11 Å². The maximum absolute atomic E-state index is 12.1. The lowest BCUT2D eigenvalue weighted by molar-refractivity contribution is -0.140. The van der Waals surface area contributed by atoms with Gasteiger partial charge in [-0.1, -0.05) is 30.3 Å². The molecule has 6 nitrogen and oxygen atoms in total. The number of carbonyl (C=O) groups is 1. The molecule has 0 fully saturated rings. The number of ether oxygens (including phenoxy) is 2. The molecule has 0 bridgehead atoms. The predicted octanol–water partition coefficient (Wildman–Crippen LogP) is 2.15. The largest absolute Gasteiger partial charge is 0.472 e. The van der Waals surface area contributed by atoms with E-state index in [1.54, 1.807) is 0 Å². The number of halogens is 1. The minimum atomic E-state index is -0.382. The summed E-state index contributed by atoms with van der Waals surface area (Å²) in [5.41, 5.74) is 0.674. The number of carbonyl (C=O) groups excluding carboxylic acids is 1. The number of esters is 1. The van der Waals surface area contributed by atoms with Crippen LogP contribution < -0.4 is 10.3 Å². The molecule has 0 unspecified atom stereocenters. The molecule has 0 atom stereocenters. The first-order chi connectivity index (χ1) is 10.6. The number of hydrogen-bond acceptors (Lipinski definition) is 5. The highest BCUT2D eigenvalue weighted by atomic mass is 79.9. The monoisotopic (exact) mass is 366 g/mol. The molecular weight excluding hydrogens is 352 g/mol. The van der Waals surface area contributed by atoms with Crippen LogP contribution in [0.2, 0.25) is 0 Å². The van der Waals surface area contributed by atoms with Crippen molar-refractivity contribution >= 4 is 21.9 Å². The Balaban J connectivity index is 2.06. The van der Waals surface area contributed by atoms with Gasteiger partial charge < -0.3 is 9.47 Å². The van der Waals surface area contributed by atoms with Crippen LogP contribution >= 0.6 is 15.9 Å². The maximum Gasteiger partial charge on any atom is 0.307 e. The van der Waals surface area contributed by atoms with Crippen LogP contribution in [-0.2, 0) is 22.7 Å². The van der Waals surface area contributed by atoms with Crippen molar-refractivity contribution in [2.45, 2.75) is 19.6 Å². The molecular formula is C15H15BrN2O4. The SMILES string of the molecule is COC(=O)CCn1cnc(OCc2ccccc2)c(Br)c1=O. The van der Waals surface area contributed by atoms with Gasteiger partial charge in [-0.25, -0.2) is 4.98 Å². The Labute approximate surface area is 135 Å². The Morgan fingerprint density at radius 3 is 2.73 bits per heavy atom. The summed E-state index contributed by atoms with van der Waals surface area (Å²) in [6, 6.07) is 9.58. The van der Waals surface area contributed by atoms with Crippen molar-refractivity contribution in [3.05, 3.63) is 57.0 Å². The van der Waals surface area contributed by atoms with E-state index < -0.39 is 0 Å². The Hall–Kier alpha value is -2.15. The van der Waals surface area contributed by atoms with E-state index in [0.29, 0.717) is 6.61 Å². The number of aryl methyl sites for hydroxylation is 1. The third kappa shape index (κ3) is 4.17. The van der Waals surface area contributed by atoms with Gasteiger partial charge in [0, 0.05) is 6.54 Å². The van der Waals surface area contributed by atoms with Crippen LogP contribution in [0, 0.1) is 0 Å². The molecule has 1 heterocycles. The fraction of sp³-hybridized carbons (Fsp3) is 0.267. The zero-order valence-electron chi connectivity index (χ0n) is 12.0. The second-order valence-electron chi connectivity index (χ2n) is 4.46. The normalized spacial score (nSPS) is 10.3. The number of methoxy groups -OCH3 is 1. The van der Waals surface area contributed by atoms with Gasteiger partial charge in [-0.3, -0.25) is 14.2 Å². The Morgan fingerprint density at radius 2 is 2.05 bits per heavy atom. The van der Waals surface area contributed by atoms with Crippen LogP contribution in [0.1, 0.15) is 12.0 Å². The quantitative estimate of drug-likeness (QED) is 0.732. The minimum absolute atomic E-state index is 0.106. The van der Waals surface area contributed by atoms with Crippen molar-refractivity contribution in [3.8, 4) is 5.88 Å². The topological polar surface area (TPSA) is 70.4 Å². The van der Waals surface area contributed by atoms with Crippen molar-refractivity contribution in [2.24, 2.45) is 0 Å². The summed E-state index contributed by atoms with van der Waals surface area (Å²) in [4.78, 5) is 27.4. The first-order valence-electron chi connectivity index (χ1n) is 6.60. The summed E-state index contributed by atoms with van der Waals surface area (Å²) in [6.45, 7) is 0.522. The lowest BCUT2D eigenvalue weighted by atomic mass is 10.2. The van der Waals surface area contributed by atoms with Crippen LogP contribution in [0.5, 0.6) is 5.88 Å². The van der Waals surface area contributed by atoms with Crippen LogP contribution in [0.25, 0.3) is 0 Å². The molecule has 0 saturated heterocycles. The Morgan fingerprint density at radius 1 is 1.32 bits per heavy atom. The molecule has 2 aromatic rings. The second kappa shape index (κ2) is 7.74. The van der Waals surface area contributed by atoms with Gasteiger partial charge in [0.2, 0.25) is 5.88 Å². The smallest absolute Gasteiger partial charge is 0.307 e. The van der Waals surface area contributed by atoms with Gasteiger partial charge in [-0.05, 0) is 21.5 Å². The average Bonchev–Trinajstić information content (AvgIpc) is 2.56. The van der Waals surface area contributed by atoms with E-state index in [2.05, 4.69) is 25.7 Å². The van der Waals surface area contributed by atoms with Crippen LogP contribution in [0.3, 0.4) is 0 Å². The van der Waals surface area contributed by atoms with E-state index in [9.17, 15) is 9.59 Å². The Kier molecular flexibility index (Phi) is 5.71. The molecule has 7 heteroatoms. The van der Waals surface area contributed by atoms with Gasteiger partial charge in [0.1, 0.15) is 17.4 Å². The van der Waals surface area contributed by atoms with Gasteiger partial charge in [-0.15, -0.1) is 0 Å². The lowest BCUT2D eigenvalue weighted by Gasteiger charge is -2.09. The van der Waals surface area contributed by atoms with Gasteiger partial charge in [0.05, 0.1) is 13.5 Å². The fourth-order valence-corrected chi connectivity index (χ4v) is 2.19. The average molecular weight is 367 g/mol. The van der Waals surface area contributed by atoms with Crippen LogP contribution in [0.4, 0.5) is 0 Å². The van der Waals surface area contributed by atoms with Crippen LogP contribution in [0.15, 0.2) is 45.9 Å². The zero-order chi connectivity index (χ0) is 15.9. The molecule has 0 saturated carbocycles. The second-order valence-corrected chi connectivity index (χ2v) is 5.26. The summed E-state index contributed by atoms with van der Waals surface area (Å²) in [7, 11) is 1.31. The van der Waals surface area contributed by atoms with Crippen LogP contribution in [-0.4, -0.2) is 22.6 Å². The van der Waals surface area contributed by atoms with Gasteiger partial charge in [0.15, 0.2) is 0 Å². The molecule has 0 spiro atoms. The minimum Gasteiger partial charge on any atom is -0.472 e. The number of aromatic nitrogens is 2. The molecule has 2 rings (SSSR count). The lowest BCUT2D eigenvalue weighted by Crippen LogP contribution is -2.23. The fourth-order valence-electron chi connectivity index (χ4n) is 1.75. The summed E-state index contributed by atoms with van der Waals surface area (Å²) in [5, 5.41) is 0. The van der Waals surface area contributed by atoms with Crippen molar-refractivity contribution in [3.63, 3.8) is 0 Å². The van der Waals surface area contributed by atoms with E-state index in [0.717, 1.165) is 5.56 Å². The molecule has 0 amide bonds. The van der Waals surface area contributed by atoms with Gasteiger partial charge in [0.25, 0.3) is 5.56 Å². The van der Waals surface area contributed by atoms with E-state index in [-0.39, 0.29) is 34.8 Å². The summed E-state index contributed by atoms with van der Waals surface area (Å²) < 4.78 is 11.6. The van der Waals surface area contributed by atoms with Crippen molar-refractivity contribution in [1.29, 1.82) is 0 Å². The summed E-state index contributed by atoms with van der Waals surface area (Å²) >= 11 is 3.19.